The number of nitrogens with one attached hydrogen (secondary N) is 1. The molecule has 0 aliphatic rings. The zero-order chi connectivity index (χ0) is 10.4. The largest absolute Gasteiger partial charge is 0.345 e. The van der Waals surface area contributed by atoms with E-state index < -0.39 is 0 Å². The van der Waals surface area contributed by atoms with Gasteiger partial charge >= 0.3 is 0 Å². The van der Waals surface area contributed by atoms with Crippen molar-refractivity contribution in [3.63, 3.8) is 0 Å². The van der Waals surface area contributed by atoms with Crippen LogP contribution in [0.2, 0.25) is 0 Å². The quantitative estimate of drug-likeness (QED) is 0.697. The number of carbonyl (C=O) groups excluding carboxylic acids is 1. The number of hydrogen-bond donors (Lipinski definition) is 1. The van der Waals surface area contributed by atoms with E-state index in [9.17, 15) is 4.79 Å². The number of nitriles is 1. The van der Waals surface area contributed by atoms with Crippen LogP contribution in [-0.2, 0) is 4.79 Å². The van der Waals surface area contributed by atoms with E-state index in [1.165, 1.54) is 18.3 Å². The molecule has 0 unspecified atom stereocenters. The topological polar surface area (TPSA) is 52.9 Å². The summed E-state index contributed by atoms with van der Waals surface area (Å²) in [5, 5.41) is 12.9. The lowest BCUT2D eigenvalue weighted by Gasteiger charge is -1.90. The smallest absolute Gasteiger partial charge is 0.217 e. The molecule has 1 N–H and O–H groups in total. The molecular formula is C10H8N2OS. The molecule has 0 fully saturated rings. The molecular weight excluding hydrogens is 196 g/mol. The average molecular weight is 204 g/mol. The predicted octanol–water partition coefficient (Wildman–Crippen LogP) is 1.11. The maximum atomic E-state index is 10.5. The summed E-state index contributed by atoms with van der Waals surface area (Å²) in [4.78, 5) is 11.1. The molecule has 0 saturated carbocycles. The van der Waals surface area contributed by atoms with Gasteiger partial charge in [0.25, 0.3) is 0 Å². The number of hydrogen-bond acceptors (Lipinski definition) is 3. The SMILES string of the molecule is CC(=O)NCC#Cc1csc(C#N)c1. The molecule has 1 aromatic rings. The molecule has 0 radical (unpaired) electrons. The summed E-state index contributed by atoms with van der Waals surface area (Å²) < 4.78 is 0. The van der Waals surface area contributed by atoms with Crippen molar-refractivity contribution in [1.29, 1.82) is 5.26 Å². The van der Waals surface area contributed by atoms with Gasteiger partial charge in [-0.3, -0.25) is 4.79 Å². The molecule has 70 valence electrons. The molecule has 0 saturated heterocycles. The summed E-state index contributed by atoms with van der Waals surface area (Å²) in [5.41, 5.74) is 0.817. The standard InChI is InChI=1S/C10H8N2OS/c1-8(13)12-4-2-3-9-5-10(6-11)14-7-9/h5,7H,4H2,1H3,(H,12,13). The fourth-order valence-electron chi connectivity index (χ4n) is 0.775. The van der Waals surface area contributed by atoms with Crippen molar-refractivity contribution in [2.24, 2.45) is 0 Å². The van der Waals surface area contributed by atoms with Crippen LogP contribution in [0.5, 0.6) is 0 Å². The van der Waals surface area contributed by atoms with Gasteiger partial charge in [-0.2, -0.15) is 5.26 Å². The monoisotopic (exact) mass is 204 g/mol. The van der Waals surface area contributed by atoms with E-state index in [4.69, 9.17) is 5.26 Å². The third-order valence-electron chi connectivity index (χ3n) is 1.37. The Morgan fingerprint density at radius 1 is 1.71 bits per heavy atom. The summed E-state index contributed by atoms with van der Waals surface area (Å²) in [5.74, 6) is 5.54. The van der Waals surface area contributed by atoms with Crippen LogP contribution in [0.4, 0.5) is 0 Å². The minimum atomic E-state index is -0.0951. The zero-order valence-corrected chi connectivity index (χ0v) is 8.44. The van der Waals surface area contributed by atoms with Crippen molar-refractivity contribution in [1.82, 2.24) is 5.32 Å². The first-order valence-electron chi connectivity index (χ1n) is 3.94. The van der Waals surface area contributed by atoms with E-state index in [0.717, 1.165) is 5.56 Å². The Kier molecular flexibility index (Phi) is 3.72. The van der Waals surface area contributed by atoms with E-state index in [1.807, 2.05) is 11.4 Å². The van der Waals surface area contributed by atoms with E-state index in [0.29, 0.717) is 11.4 Å². The van der Waals surface area contributed by atoms with Gasteiger partial charge in [0, 0.05) is 17.9 Å². The molecule has 0 atom stereocenters. The fourth-order valence-corrected chi connectivity index (χ4v) is 1.40. The van der Waals surface area contributed by atoms with Crippen LogP contribution in [0.3, 0.4) is 0 Å². The van der Waals surface area contributed by atoms with E-state index >= 15 is 0 Å². The third kappa shape index (κ3) is 3.30. The first kappa shape index (κ1) is 10.3. The van der Waals surface area contributed by atoms with Crippen LogP contribution in [0, 0.1) is 23.2 Å². The second-order valence-electron chi connectivity index (χ2n) is 2.52. The van der Waals surface area contributed by atoms with Crippen LogP contribution in [0.25, 0.3) is 0 Å². The second-order valence-corrected chi connectivity index (χ2v) is 3.43. The van der Waals surface area contributed by atoms with Gasteiger partial charge in [-0.05, 0) is 6.07 Å². The number of rotatable bonds is 1. The molecule has 4 heteroatoms. The van der Waals surface area contributed by atoms with Gasteiger partial charge in [0.15, 0.2) is 0 Å². The van der Waals surface area contributed by atoms with E-state index in [1.54, 1.807) is 6.07 Å². The number of thiophene rings is 1. The highest BCUT2D eigenvalue weighted by atomic mass is 32.1. The highest BCUT2D eigenvalue weighted by Crippen LogP contribution is 2.11. The summed E-state index contributed by atoms with van der Waals surface area (Å²) in [6, 6.07) is 3.76. The molecule has 0 aliphatic carbocycles. The zero-order valence-electron chi connectivity index (χ0n) is 7.63. The minimum Gasteiger partial charge on any atom is -0.345 e. The van der Waals surface area contributed by atoms with Crippen LogP contribution < -0.4 is 5.32 Å². The molecule has 0 spiro atoms. The van der Waals surface area contributed by atoms with Gasteiger partial charge in [0.2, 0.25) is 5.91 Å². The molecule has 1 amide bonds. The summed E-state index contributed by atoms with van der Waals surface area (Å²) >= 11 is 1.36. The Morgan fingerprint density at radius 3 is 3.07 bits per heavy atom. The van der Waals surface area contributed by atoms with Gasteiger partial charge in [0.05, 0.1) is 6.54 Å². The van der Waals surface area contributed by atoms with Crippen LogP contribution in [0.1, 0.15) is 17.4 Å². The van der Waals surface area contributed by atoms with Gasteiger partial charge in [-0.15, -0.1) is 11.3 Å². The van der Waals surface area contributed by atoms with Crippen LogP contribution in [-0.4, -0.2) is 12.5 Å². The van der Waals surface area contributed by atoms with Gasteiger partial charge in [0.1, 0.15) is 10.9 Å². The highest BCUT2D eigenvalue weighted by molar-refractivity contribution is 7.10. The van der Waals surface area contributed by atoms with Crippen molar-refractivity contribution < 1.29 is 4.79 Å². The van der Waals surface area contributed by atoms with Crippen molar-refractivity contribution in [2.75, 3.05) is 6.54 Å². The molecule has 1 heterocycles. The molecule has 0 bridgehead atoms. The van der Waals surface area contributed by atoms with Gasteiger partial charge in [-0.1, -0.05) is 11.8 Å². The van der Waals surface area contributed by atoms with Crippen molar-refractivity contribution >= 4 is 17.2 Å². The van der Waals surface area contributed by atoms with Gasteiger partial charge < -0.3 is 5.32 Å². The Labute approximate surface area is 86.4 Å². The molecule has 1 rings (SSSR count). The summed E-state index contributed by atoms with van der Waals surface area (Å²) in [6.07, 6.45) is 0. The average Bonchev–Trinajstić information content (AvgIpc) is 2.60. The lowest BCUT2D eigenvalue weighted by molar-refractivity contribution is -0.118. The lowest BCUT2D eigenvalue weighted by Crippen LogP contribution is -2.19. The molecule has 0 aromatic carbocycles. The number of nitrogens with zero attached hydrogens (tertiary/aromatic N) is 1. The van der Waals surface area contributed by atoms with Crippen molar-refractivity contribution in [3.05, 3.63) is 21.9 Å². The van der Waals surface area contributed by atoms with Crippen molar-refractivity contribution in [3.8, 4) is 17.9 Å². The highest BCUT2D eigenvalue weighted by Gasteiger charge is 1.93. The lowest BCUT2D eigenvalue weighted by atomic mass is 10.3. The number of amides is 1. The summed E-state index contributed by atoms with van der Waals surface area (Å²) in [6.45, 7) is 1.78. The third-order valence-corrected chi connectivity index (χ3v) is 2.20. The maximum absolute atomic E-state index is 10.5. The van der Waals surface area contributed by atoms with E-state index in [-0.39, 0.29) is 5.91 Å². The molecule has 3 nitrogen and oxygen atoms in total. The Bertz CT molecular complexity index is 431. The van der Waals surface area contributed by atoms with E-state index in [2.05, 4.69) is 17.2 Å². The van der Waals surface area contributed by atoms with Crippen LogP contribution in [0.15, 0.2) is 11.4 Å². The molecule has 0 aliphatic heterocycles. The number of carbonyl (C=O) groups is 1. The van der Waals surface area contributed by atoms with Gasteiger partial charge in [-0.25, -0.2) is 0 Å². The molecule has 1 aromatic heterocycles. The predicted molar refractivity (Wildman–Crippen MR) is 54.6 cm³/mol. The Hall–Kier alpha value is -1.78. The fraction of sp³-hybridized carbons (Fsp3) is 0.200. The first-order chi connectivity index (χ1) is 6.72. The Morgan fingerprint density at radius 2 is 2.50 bits per heavy atom. The van der Waals surface area contributed by atoms with Crippen molar-refractivity contribution in [2.45, 2.75) is 6.92 Å². The van der Waals surface area contributed by atoms with Crippen LogP contribution >= 0.6 is 11.3 Å². The second kappa shape index (κ2) is 5.06. The molecule has 14 heavy (non-hydrogen) atoms. The Balaban J connectivity index is 2.52. The maximum Gasteiger partial charge on any atom is 0.217 e. The summed E-state index contributed by atoms with van der Waals surface area (Å²) in [7, 11) is 0. The normalized spacial score (nSPS) is 8.29. The first-order valence-corrected chi connectivity index (χ1v) is 4.82. The minimum absolute atomic E-state index is 0.0951.